The number of urea groups is 1. The van der Waals surface area contributed by atoms with E-state index < -0.39 is 23.9 Å². The van der Waals surface area contributed by atoms with Crippen LogP contribution in [0.15, 0.2) is 85.1 Å². The van der Waals surface area contributed by atoms with Gasteiger partial charge in [0.25, 0.3) is 5.91 Å². The number of nitrogens with zero attached hydrogens (tertiary/aromatic N) is 1. The summed E-state index contributed by atoms with van der Waals surface area (Å²) in [5.74, 6) is -0.841. The number of aromatic amines is 1. The second-order valence-electron chi connectivity index (χ2n) is 7.95. The highest BCUT2D eigenvalue weighted by Crippen LogP contribution is 2.27. The fraction of sp³-hybridized carbons (Fsp3) is 0.115. The van der Waals surface area contributed by atoms with Crippen molar-refractivity contribution in [2.45, 2.75) is 12.5 Å². The van der Waals surface area contributed by atoms with Crippen LogP contribution in [0.25, 0.3) is 22.0 Å². The standard InChI is InChI=1S/C26H22N4O3/c31-24(28-22-13-7-5-10-19(22)17-8-2-1-3-9-17)16-30-25(32)23(29-26(30)33)14-18-15-27-21-12-6-4-11-20(18)21/h1-13,15,23,27H,14,16H2,(H,28,31)(H,29,33)/t23-/m1/s1. The quantitative estimate of drug-likeness (QED) is 0.398. The van der Waals surface area contributed by atoms with Gasteiger partial charge in [-0.2, -0.15) is 0 Å². The summed E-state index contributed by atoms with van der Waals surface area (Å²) < 4.78 is 0. The minimum atomic E-state index is -0.707. The normalized spacial score (nSPS) is 15.6. The molecule has 164 valence electrons. The lowest BCUT2D eigenvalue weighted by Gasteiger charge is -2.15. The van der Waals surface area contributed by atoms with E-state index in [0.717, 1.165) is 32.5 Å². The summed E-state index contributed by atoms with van der Waals surface area (Å²) in [5.41, 5.74) is 4.35. The van der Waals surface area contributed by atoms with Gasteiger partial charge in [0, 0.05) is 34.8 Å². The zero-order valence-corrected chi connectivity index (χ0v) is 17.7. The molecule has 0 aliphatic carbocycles. The number of nitrogens with one attached hydrogen (secondary N) is 3. The topological polar surface area (TPSA) is 94.3 Å². The molecule has 3 N–H and O–H groups in total. The Morgan fingerprint density at radius 3 is 2.48 bits per heavy atom. The van der Waals surface area contributed by atoms with Crippen LogP contribution in [0, 0.1) is 0 Å². The summed E-state index contributed by atoms with van der Waals surface area (Å²) in [6.07, 6.45) is 2.20. The number of anilines is 1. The molecule has 1 fully saturated rings. The number of imide groups is 1. The van der Waals surface area contributed by atoms with Gasteiger partial charge in [-0.15, -0.1) is 0 Å². The molecule has 0 saturated carbocycles. The van der Waals surface area contributed by atoms with E-state index in [9.17, 15) is 14.4 Å². The molecule has 0 bridgehead atoms. The van der Waals surface area contributed by atoms with Crippen molar-refractivity contribution in [3.63, 3.8) is 0 Å². The van der Waals surface area contributed by atoms with Crippen molar-refractivity contribution < 1.29 is 14.4 Å². The minimum absolute atomic E-state index is 0.349. The molecule has 1 atom stereocenters. The van der Waals surface area contributed by atoms with Gasteiger partial charge >= 0.3 is 6.03 Å². The molecule has 0 spiro atoms. The summed E-state index contributed by atoms with van der Waals surface area (Å²) in [4.78, 5) is 42.3. The van der Waals surface area contributed by atoms with Crippen molar-refractivity contribution in [3.8, 4) is 11.1 Å². The first-order valence-corrected chi connectivity index (χ1v) is 10.7. The number of hydrogen-bond donors (Lipinski definition) is 3. The molecule has 1 saturated heterocycles. The average molecular weight is 438 g/mol. The molecule has 5 rings (SSSR count). The van der Waals surface area contributed by atoms with Crippen molar-refractivity contribution in [1.29, 1.82) is 0 Å². The van der Waals surface area contributed by atoms with E-state index in [4.69, 9.17) is 0 Å². The van der Waals surface area contributed by atoms with Gasteiger partial charge < -0.3 is 15.6 Å². The largest absolute Gasteiger partial charge is 0.361 e. The van der Waals surface area contributed by atoms with E-state index in [-0.39, 0.29) is 6.54 Å². The lowest BCUT2D eigenvalue weighted by Crippen LogP contribution is -2.38. The highest BCUT2D eigenvalue weighted by Gasteiger charge is 2.39. The lowest BCUT2D eigenvalue weighted by molar-refractivity contribution is -0.130. The number of amides is 4. The Morgan fingerprint density at radius 2 is 1.64 bits per heavy atom. The van der Waals surface area contributed by atoms with Gasteiger partial charge in [0.1, 0.15) is 12.6 Å². The Hall–Kier alpha value is -4.39. The smallest absolute Gasteiger partial charge is 0.325 e. The number of hydrogen-bond acceptors (Lipinski definition) is 3. The molecule has 0 unspecified atom stereocenters. The number of rotatable bonds is 6. The number of carbonyl (C=O) groups excluding carboxylic acids is 3. The van der Waals surface area contributed by atoms with E-state index in [1.807, 2.05) is 79.0 Å². The molecular weight excluding hydrogens is 416 g/mol. The molecule has 2 heterocycles. The SMILES string of the molecule is O=C(CN1C(=O)N[C@H](Cc2c[nH]c3ccccc23)C1=O)Nc1ccccc1-c1ccccc1. The van der Waals surface area contributed by atoms with Crippen molar-refractivity contribution in [3.05, 3.63) is 90.6 Å². The van der Waals surface area contributed by atoms with Gasteiger partial charge in [-0.1, -0.05) is 66.7 Å². The first-order chi connectivity index (χ1) is 16.1. The van der Waals surface area contributed by atoms with Crippen LogP contribution in [0.4, 0.5) is 10.5 Å². The summed E-state index contributed by atoms with van der Waals surface area (Å²) in [7, 11) is 0. The average Bonchev–Trinajstić information content (AvgIpc) is 3.36. The van der Waals surface area contributed by atoms with E-state index >= 15 is 0 Å². The zero-order chi connectivity index (χ0) is 22.8. The fourth-order valence-corrected chi connectivity index (χ4v) is 4.18. The molecule has 0 radical (unpaired) electrons. The second kappa shape index (κ2) is 8.63. The van der Waals surface area contributed by atoms with Crippen molar-refractivity contribution in [2.75, 3.05) is 11.9 Å². The lowest BCUT2D eigenvalue weighted by atomic mass is 10.0. The minimum Gasteiger partial charge on any atom is -0.361 e. The Balaban J connectivity index is 1.28. The fourth-order valence-electron chi connectivity index (χ4n) is 4.18. The van der Waals surface area contributed by atoms with E-state index in [0.29, 0.717) is 12.1 Å². The highest BCUT2D eigenvalue weighted by molar-refractivity contribution is 6.08. The Kier molecular flexibility index (Phi) is 5.36. The van der Waals surface area contributed by atoms with Crippen molar-refractivity contribution in [1.82, 2.24) is 15.2 Å². The zero-order valence-electron chi connectivity index (χ0n) is 17.7. The highest BCUT2D eigenvalue weighted by atomic mass is 16.2. The van der Waals surface area contributed by atoms with Crippen LogP contribution in [0.3, 0.4) is 0 Å². The third kappa shape index (κ3) is 4.08. The maximum Gasteiger partial charge on any atom is 0.325 e. The van der Waals surface area contributed by atoms with Gasteiger partial charge in [-0.25, -0.2) is 4.79 Å². The number of fused-ring (bicyclic) bond motifs is 1. The number of para-hydroxylation sites is 2. The second-order valence-corrected chi connectivity index (χ2v) is 7.95. The molecule has 7 nitrogen and oxygen atoms in total. The molecule has 33 heavy (non-hydrogen) atoms. The molecule has 1 aromatic heterocycles. The van der Waals surface area contributed by atoms with Crippen LogP contribution in [0.5, 0.6) is 0 Å². The number of carbonyl (C=O) groups is 3. The van der Waals surface area contributed by atoms with Gasteiger partial charge in [-0.05, 0) is 23.3 Å². The predicted molar refractivity (Wildman–Crippen MR) is 127 cm³/mol. The molecular formula is C26H22N4O3. The Labute approximate surface area is 190 Å². The first kappa shape index (κ1) is 20.5. The van der Waals surface area contributed by atoms with E-state index in [1.165, 1.54) is 0 Å². The molecule has 1 aliphatic rings. The number of aromatic nitrogens is 1. The van der Waals surface area contributed by atoms with Crippen LogP contribution in [0.2, 0.25) is 0 Å². The molecule has 3 aromatic carbocycles. The summed E-state index contributed by atoms with van der Waals surface area (Å²) >= 11 is 0. The van der Waals surface area contributed by atoms with Crippen LogP contribution in [-0.2, 0) is 16.0 Å². The number of H-pyrrole nitrogens is 1. The van der Waals surface area contributed by atoms with Crippen LogP contribution < -0.4 is 10.6 Å². The summed E-state index contributed by atoms with van der Waals surface area (Å²) in [5, 5.41) is 6.56. The molecule has 4 amide bonds. The third-order valence-corrected chi connectivity index (χ3v) is 5.79. The third-order valence-electron chi connectivity index (χ3n) is 5.79. The van der Waals surface area contributed by atoms with E-state index in [1.54, 1.807) is 6.07 Å². The van der Waals surface area contributed by atoms with Crippen LogP contribution in [-0.4, -0.2) is 40.3 Å². The first-order valence-electron chi connectivity index (χ1n) is 10.7. The van der Waals surface area contributed by atoms with Gasteiger partial charge in [-0.3, -0.25) is 14.5 Å². The van der Waals surface area contributed by atoms with Gasteiger partial charge in [0.2, 0.25) is 5.91 Å². The number of benzene rings is 3. The Bertz CT molecular complexity index is 1350. The summed E-state index contributed by atoms with van der Waals surface area (Å²) in [6, 6.07) is 23.6. The van der Waals surface area contributed by atoms with E-state index in [2.05, 4.69) is 15.6 Å². The van der Waals surface area contributed by atoms with Gasteiger partial charge in [0.15, 0.2) is 0 Å². The maximum atomic E-state index is 12.9. The van der Waals surface area contributed by atoms with Crippen LogP contribution in [0.1, 0.15) is 5.56 Å². The van der Waals surface area contributed by atoms with Crippen molar-refractivity contribution in [2.24, 2.45) is 0 Å². The predicted octanol–water partition coefficient (Wildman–Crippen LogP) is 3.94. The maximum absolute atomic E-state index is 12.9. The monoisotopic (exact) mass is 438 g/mol. The molecule has 1 aliphatic heterocycles. The van der Waals surface area contributed by atoms with Gasteiger partial charge in [0.05, 0.1) is 0 Å². The summed E-state index contributed by atoms with van der Waals surface area (Å²) in [6.45, 7) is -0.349. The molecule has 7 heteroatoms. The van der Waals surface area contributed by atoms with Crippen LogP contribution >= 0.6 is 0 Å². The molecule has 4 aromatic rings. The Morgan fingerprint density at radius 1 is 0.909 bits per heavy atom. The van der Waals surface area contributed by atoms with Crippen molar-refractivity contribution >= 4 is 34.4 Å².